The maximum atomic E-state index is 12.7. The summed E-state index contributed by atoms with van der Waals surface area (Å²) in [4.78, 5) is 42.7. The van der Waals surface area contributed by atoms with Crippen LogP contribution in [0.25, 0.3) is 11.1 Å². The summed E-state index contributed by atoms with van der Waals surface area (Å²) in [5.74, 6) is -2.49. The summed E-state index contributed by atoms with van der Waals surface area (Å²) in [6.45, 7) is 1.71. The van der Waals surface area contributed by atoms with Gasteiger partial charge in [0.15, 0.2) is 0 Å². The Morgan fingerprint density at radius 1 is 0.828 bits per heavy atom. The molecule has 142 valence electrons. The van der Waals surface area contributed by atoms with Gasteiger partial charge in [0.25, 0.3) is 11.8 Å². The molecule has 5 rings (SSSR count). The Labute approximate surface area is 167 Å². The molecule has 1 unspecified atom stereocenters. The average molecular weight is 383 g/mol. The summed E-state index contributed by atoms with van der Waals surface area (Å²) in [5, 5.41) is 0.562. The van der Waals surface area contributed by atoms with Crippen molar-refractivity contribution in [2.24, 2.45) is 0 Å². The van der Waals surface area contributed by atoms with Crippen molar-refractivity contribution in [1.29, 1.82) is 0 Å². The number of carbonyl (C=O) groups excluding carboxylic acids is 3. The van der Waals surface area contributed by atoms with Crippen LogP contribution in [0.4, 0.5) is 0 Å². The van der Waals surface area contributed by atoms with Crippen LogP contribution < -0.4 is 0 Å². The van der Waals surface area contributed by atoms with Crippen LogP contribution in [0, 0.1) is 0 Å². The van der Waals surface area contributed by atoms with Crippen molar-refractivity contribution in [3.05, 3.63) is 94.5 Å². The SMILES string of the molecule is CC(C(=O)ON1C(=O)c2ccccc2C1=O)c1ccc2c(c1)Cc1ccccc1-2. The summed E-state index contributed by atoms with van der Waals surface area (Å²) in [6.07, 6.45) is 0.819. The molecule has 2 aliphatic rings. The van der Waals surface area contributed by atoms with Gasteiger partial charge in [-0.2, -0.15) is 0 Å². The first kappa shape index (κ1) is 17.4. The zero-order chi connectivity index (χ0) is 20.1. The minimum Gasteiger partial charge on any atom is -0.329 e. The van der Waals surface area contributed by atoms with Crippen molar-refractivity contribution in [2.45, 2.75) is 19.3 Å². The van der Waals surface area contributed by atoms with Crippen LogP contribution >= 0.6 is 0 Å². The number of imide groups is 1. The van der Waals surface area contributed by atoms with Gasteiger partial charge in [0.05, 0.1) is 17.0 Å². The number of hydroxylamine groups is 2. The molecule has 29 heavy (non-hydrogen) atoms. The molecular weight excluding hydrogens is 366 g/mol. The molecule has 5 heteroatoms. The van der Waals surface area contributed by atoms with E-state index in [4.69, 9.17) is 4.84 Å². The Kier molecular flexibility index (Phi) is 3.84. The molecule has 3 aromatic rings. The highest BCUT2D eigenvalue weighted by molar-refractivity contribution is 6.20. The Morgan fingerprint density at radius 3 is 2.10 bits per heavy atom. The van der Waals surface area contributed by atoms with Gasteiger partial charge in [-0.1, -0.05) is 59.7 Å². The summed E-state index contributed by atoms with van der Waals surface area (Å²) in [7, 11) is 0. The van der Waals surface area contributed by atoms with Crippen molar-refractivity contribution in [2.75, 3.05) is 0 Å². The molecule has 0 saturated carbocycles. The molecule has 3 aromatic carbocycles. The van der Waals surface area contributed by atoms with Crippen LogP contribution in [0.3, 0.4) is 0 Å². The lowest BCUT2D eigenvalue weighted by atomic mass is 9.96. The second-order valence-electron chi connectivity index (χ2n) is 7.33. The van der Waals surface area contributed by atoms with E-state index in [0.29, 0.717) is 5.06 Å². The molecule has 1 aliphatic heterocycles. The van der Waals surface area contributed by atoms with Gasteiger partial charge in [0.2, 0.25) is 0 Å². The Bertz CT molecular complexity index is 1160. The number of fused-ring (bicyclic) bond motifs is 4. The van der Waals surface area contributed by atoms with E-state index in [2.05, 4.69) is 12.1 Å². The fourth-order valence-electron chi connectivity index (χ4n) is 3.99. The molecule has 5 nitrogen and oxygen atoms in total. The molecule has 0 N–H and O–H groups in total. The second-order valence-corrected chi connectivity index (χ2v) is 7.33. The van der Waals surface area contributed by atoms with Gasteiger partial charge in [-0.15, -0.1) is 0 Å². The van der Waals surface area contributed by atoms with E-state index in [1.807, 2.05) is 30.3 Å². The molecular formula is C24H17NO4. The predicted molar refractivity (Wildman–Crippen MR) is 106 cm³/mol. The lowest BCUT2D eigenvalue weighted by Gasteiger charge is -2.17. The highest BCUT2D eigenvalue weighted by Gasteiger charge is 2.39. The molecule has 0 bridgehead atoms. The smallest absolute Gasteiger partial charge is 0.329 e. The highest BCUT2D eigenvalue weighted by atomic mass is 16.7. The number of benzene rings is 3. The van der Waals surface area contributed by atoms with Gasteiger partial charge in [0.1, 0.15) is 0 Å². The van der Waals surface area contributed by atoms with Crippen LogP contribution in [0.1, 0.15) is 50.2 Å². The van der Waals surface area contributed by atoms with Crippen LogP contribution in [-0.2, 0) is 16.1 Å². The summed E-state index contributed by atoms with van der Waals surface area (Å²) >= 11 is 0. The number of hydrogen-bond acceptors (Lipinski definition) is 4. The van der Waals surface area contributed by atoms with E-state index in [9.17, 15) is 14.4 Å². The molecule has 0 spiro atoms. The summed E-state index contributed by atoms with van der Waals surface area (Å²) in [5.41, 5.74) is 6.09. The van der Waals surface area contributed by atoms with E-state index in [1.165, 1.54) is 16.7 Å². The molecule has 2 amide bonds. The number of carbonyl (C=O) groups is 3. The molecule has 1 heterocycles. The fourth-order valence-corrected chi connectivity index (χ4v) is 3.99. The molecule has 0 aromatic heterocycles. The fraction of sp³-hybridized carbons (Fsp3) is 0.125. The largest absolute Gasteiger partial charge is 0.340 e. The monoisotopic (exact) mass is 383 g/mol. The molecule has 0 radical (unpaired) electrons. The van der Waals surface area contributed by atoms with Crippen LogP contribution in [-0.4, -0.2) is 22.8 Å². The lowest BCUT2D eigenvalue weighted by molar-refractivity contribution is -0.170. The first-order valence-electron chi connectivity index (χ1n) is 9.45. The van der Waals surface area contributed by atoms with Crippen molar-refractivity contribution in [1.82, 2.24) is 5.06 Å². The number of hydrogen-bond donors (Lipinski definition) is 0. The van der Waals surface area contributed by atoms with Crippen molar-refractivity contribution in [3.8, 4) is 11.1 Å². The number of nitrogens with zero attached hydrogens (tertiary/aromatic N) is 1. The Balaban J connectivity index is 1.36. The molecule has 0 fully saturated rings. The highest BCUT2D eigenvalue weighted by Crippen LogP contribution is 2.38. The second kappa shape index (κ2) is 6.41. The van der Waals surface area contributed by atoms with Crippen LogP contribution in [0.15, 0.2) is 66.7 Å². The Morgan fingerprint density at radius 2 is 1.41 bits per heavy atom. The van der Waals surface area contributed by atoms with Gasteiger partial charge in [-0.05, 0) is 53.3 Å². The third kappa shape index (κ3) is 2.66. The number of amides is 2. The number of rotatable bonds is 3. The first-order valence-corrected chi connectivity index (χ1v) is 9.45. The zero-order valence-corrected chi connectivity index (χ0v) is 15.7. The van der Waals surface area contributed by atoms with E-state index in [1.54, 1.807) is 31.2 Å². The predicted octanol–water partition coefficient (Wildman–Crippen LogP) is 4.12. The topological polar surface area (TPSA) is 63.7 Å². The zero-order valence-electron chi connectivity index (χ0n) is 15.7. The quantitative estimate of drug-likeness (QED) is 0.500. The van der Waals surface area contributed by atoms with Crippen LogP contribution in [0.5, 0.6) is 0 Å². The lowest BCUT2D eigenvalue weighted by Crippen LogP contribution is -2.34. The van der Waals surface area contributed by atoms with Crippen molar-refractivity contribution < 1.29 is 19.2 Å². The normalized spacial score (nSPS) is 15.0. The molecule has 1 aliphatic carbocycles. The summed E-state index contributed by atoms with van der Waals surface area (Å²) < 4.78 is 0. The summed E-state index contributed by atoms with van der Waals surface area (Å²) in [6, 6.07) is 20.6. The maximum absolute atomic E-state index is 12.7. The standard InChI is InChI=1S/C24H17NO4/c1-14(15-10-11-19-17(12-15)13-16-6-2-3-7-18(16)19)24(28)29-25-22(26)20-8-4-5-9-21(20)23(25)27/h2-12,14H,13H2,1H3. The Hall–Kier alpha value is -3.73. The van der Waals surface area contributed by atoms with Gasteiger partial charge in [0, 0.05) is 0 Å². The van der Waals surface area contributed by atoms with Crippen molar-refractivity contribution in [3.63, 3.8) is 0 Å². The third-order valence-corrected chi connectivity index (χ3v) is 5.61. The van der Waals surface area contributed by atoms with Gasteiger partial charge >= 0.3 is 5.97 Å². The van der Waals surface area contributed by atoms with Crippen LogP contribution in [0.2, 0.25) is 0 Å². The van der Waals surface area contributed by atoms with E-state index < -0.39 is 23.7 Å². The molecule has 1 atom stereocenters. The minimum absolute atomic E-state index is 0.244. The van der Waals surface area contributed by atoms with E-state index >= 15 is 0 Å². The minimum atomic E-state index is -0.644. The average Bonchev–Trinajstić information content (AvgIpc) is 3.23. The first-order chi connectivity index (χ1) is 14.0. The molecule has 0 saturated heterocycles. The maximum Gasteiger partial charge on any atom is 0.340 e. The van der Waals surface area contributed by atoms with Gasteiger partial charge < -0.3 is 4.84 Å². The van der Waals surface area contributed by atoms with Gasteiger partial charge in [-0.3, -0.25) is 9.59 Å². The van der Waals surface area contributed by atoms with E-state index in [-0.39, 0.29) is 11.1 Å². The van der Waals surface area contributed by atoms with E-state index in [0.717, 1.165) is 17.5 Å². The van der Waals surface area contributed by atoms with Crippen molar-refractivity contribution >= 4 is 17.8 Å². The van der Waals surface area contributed by atoms with Gasteiger partial charge in [-0.25, -0.2) is 4.79 Å². The third-order valence-electron chi connectivity index (χ3n) is 5.61.